The van der Waals surface area contributed by atoms with Gasteiger partial charge in [0.25, 0.3) is 0 Å². The van der Waals surface area contributed by atoms with Crippen LogP contribution in [0.1, 0.15) is 11.1 Å². The van der Waals surface area contributed by atoms with Gasteiger partial charge >= 0.3 is 0 Å². The van der Waals surface area contributed by atoms with Crippen molar-refractivity contribution < 1.29 is 0 Å². The smallest absolute Gasteiger partial charge is 0.133 e. The van der Waals surface area contributed by atoms with Crippen molar-refractivity contribution >= 4 is 11.6 Å². The number of nitriles is 2. The van der Waals surface area contributed by atoms with Crippen LogP contribution < -0.4 is 0 Å². The van der Waals surface area contributed by atoms with Gasteiger partial charge in [-0.05, 0) is 18.2 Å². The van der Waals surface area contributed by atoms with Gasteiger partial charge in [-0.15, -0.1) is 0 Å². The molecule has 0 unspecified atom stereocenters. The Balaban J connectivity index is 2.60. The molecule has 0 bridgehead atoms. The summed E-state index contributed by atoms with van der Waals surface area (Å²) >= 11 is 5.76. The summed E-state index contributed by atoms with van der Waals surface area (Å²) in [5, 5.41) is 18.0. The summed E-state index contributed by atoms with van der Waals surface area (Å²) in [6.45, 7) is 0. The lowest BCUT2D eigenvalue weighted by atomic mass is 10.0. The molecule has 1 heterocycles. The summed E-state index contributed by atoms with van der Waals surface area (Å²) in [5.41, 5.74) is 2.08. The van der Waals surface area contributed by atoms with Gasteiger partial charge in [0, 0.05) is 11.6 Å². The van der Waals surface area contributed by atoms with Gasteiger partial charge in [0.2, 0.25) is 0 Å². The Hall–Kier alpha value is -2.43. The van der Waals surface area contributed by atoms with E-state index in [-0.39, 0.29) is 0 Å². The largest absolute Gasteiger partial charge is 0.236 e. The van der Waals surface area contributed by atoms with Crippen LogP contribution >= 0.6 is 11.6 Å². The molecule has 1 aromatic heterocycles. The minimum absolute atomic E-state index is 0.316. The van der Waals surface area contributed by atoms with E-state index < -0.39 is 0 Å². The zero-order valence-electron chi connectivity index (χ0n) is 8.55. The number of benzene rings is 1. The van der Waals surface area contributed by atoms with Crippen LogP contribution in [0.3, 0.4) is 0 Å². The van der Waals surface area contributed by atoms with Crippen LogP contribution in [-0.2, 0) is 0 Å². The highest BCUT2D eigenvalue weighted by atomic mass is 35.5. The molecule has 5 heteroatoms. The number of hydrogen-bond donors (Lipinski definition) is 0. The van der Waals surface area contributed by atoms with Crippen LogP contribution in [0.2, 0.25) is 5.15 Å². The number of hydrogen-bond acceptors (Lipinski definition) is 4. The number of aromatic nitrogens is 2. The molecule has 0 saturated carbocycles. The standard InChI is InChI=1S/C12H5ClN4/c13-12-4-11(16-7-17-12)10-2-8(5-14)1-9(3-10)6-15/h1-4,7H. The Morgan fingerprint density at radius 3 is 2.12 bits per heavy atom. The quantitative estimate of drug-likeness (QED) is 0.718. The zero-order chi connectivity index (χ0) is 12.3. The summed E-state index contributed by atoms with van der Waals surface area (Å²) in [6.07, 6.45) is 1.34. The maximum absolute atomic E-state index is 8.87. The van der Waals surface area contributed by atoms with E-state index in [1.165, 1.54) is 12.4 Å². The van der Waals surface area contributed by atoms with Gasteiger partial charge in [0.05, 0.1) is 29.0 Å². The molecular formula is C12H5ClN4. The Morgan fingerprint density at radius 2 is 1.59 bits per heavy atom. The van der Waals surface area contributed by atoms with E-state index in [2.05, 4.69) is 9.97 Å². The number of rotatable bonds is 1. The van der Waals surface area contributed by atoms with Crippen molar-refractivity contribution in [3.05, 3.63) is 46.9 Å². The Labute approximate surface area is 103 Å². The van der Waals surface area contributed by atoms with Gasteiger partial charge in [-0.1, -0.05) is 11.6 Å². The van der Waals surface area contributed by atoms with E-state index >= 15 is 0 Å². The summed E-state index contributed by atoms with van der Waals surface area (Å²) in [5.74, 6) is 0. The van der Waals surface area contributed by atoms with Gasteiger partial charge < -0.3 is 0 Å². The van der Waals surface area contributed by atoms with Crippen molar-refractivity contribution in [2.45, 2.75) is 0 Å². The molecule has 0 aliphatic heterocycles. The molecule has 17 heavy (non-hydrogen) atoms. The Kier molecular flexibility index (Phi) is 3.00. The van der Waals surface area contributed by atoms with Crippen molar-refractivity contribution in [1.29, 1.82) is 10.5 Å². The lowest BCUT2D eigenvalue weighted by molar-refractivity contribution is 1.17. The maximum atomic E-state index is 8.87. The van der Waals surface area contributed by atoms with Crippen LogP contribution in [0.15, 0.2) is 30.6 Å². The molecule has 80 valence electrons. The van der Waals surface area contributed by atoms with E-state index in [4.69, 9.17) is 22.1 Å². The second-order valence-electron chi connectivity index (χ2n) is 3.25. The average Bonchev–Trinajstić information content (AvgIpc) is 2.38. The molecule has 0 saturated heterocycles. The predicted molar refractivity (Wildman–Crippen MR) is 61.9 cm³/mol. The first kappa shape index (κ1) is 11.1. The normalized spacial score (nSPS) is 9.35. The van der Waals surface area contributed by atoms with Crippen molar-refractivity contribution in [1.82, 2.24) is 9.97 Å². The summed E-state index contributed by atoms with van der Waals surface area (Å²) in [7, 11) is 0. The molecule has 2 aromatic rings. The van der Waals surface area contributed by atoms with Crippen LogP contribution in [0.25, 0.3) is 11.3 Å². The highest BCUT2D eigenvalue weighted by Crippen LogP contribution is 2.21. The molecule has 0 amide bonds. The van der Waals surface area contributed by atoms with Gasteiger partial charge in [0.15, 0.2) is 0 Å². The van der Waals surface area contributed by atoms with Gasteiger partial charge in [0.1, 0.15) is 11.5 Å². The lowest BCUT2D eigenvalue weighted by Gasteiger charge is -2.02. The van der Waals surface area contributed by atoms with Crippen molar-refractivity contribution in [3.8, 4) is 23.4 Å². The third-order valence-electron chi connectivity index (χ3n) is 2.12. The third kappa shape index (κ3) is 2.39. The zero-order valence-corrected chi connectivity index (χ0v) is 9.31. The number of nitrogens with zero attached hydrogens (tertiary/aromatic N) is 4. The van der Waals surface area contributed by atoms with E-state index in [1.807, 2.05) is 12.1 Å². The summed E-state index contributed by atoms with van der Waals surface area (Å²) in [4.78, 5) is 7.82. The molecule has 1 aromatic carbocycles. The third-order valence-corrected chi connectivity index (χ3v) is 2.33. The summed E-state index contributed by atoms with van der Waals surface area (Å²) < 4.78 is 0. The van der Waals surface area contributed by atoms with Crippen molar-refractivity contribution in [3.63, 3.8) is 0 Å². The monoisotopic (exact) mass is 240 g/mol. The molecule has 2 rings (SSSR count). The van der Waals surface area contributed by atoms with Crippen LogP contribution in [0.4, 0.5) is 0 Å². The Morgan fingerprint density at radius 1 is 0.941 bits per heavy atom. The van der Waals surface area contributed by atoms with Crippen molar-refractivity contribution in [2.75, 3.05) is 0 Å². The highest BCUT2D eigenvalue weighted by molar-refractivity contribution is 6.29. The second kappa shape index (κ2) is 4.61. The predicted octanol–water partition coefficient (Wildman–Crippen LogP) is 2.54. The average molecular weight is 241 g/mol. The first-order valence-electron chi connectivity index (χ1n) is 4.66. The van der Waals surface area contributed by atoms with Crippen LogP contribution in [-0.4, -0.2) is 9.97 Å². The molecule has 0 N–H and O–H groups in total. The van der Waals surface area contributed by atoms with Gasteiger partial charge in [-0.3, -0.25) is 0 Å². The molecule has 0 fully saturated rings. The van der Waals surface area contributed by atoms with Crippen LogP contribution in [0, 0.1) is 22.7 Å². The highest BCUT2D eigenvalue weighted by Gasteiger charge is 2.05. The first-order valence-corrected chi connectivity index (χ1v) is 5.04. The van der Waals surface area contributed by atoms with E-state index in [9.17, 15) is 0 Å². The van der Waals surface area contributed by atoms with E-state index in [0.29, 0.717) is 27.5 Å². The lowest BCUT2D eigenvalue weighted by Crippen LogP contribution is -1.88. The summed E-state index contributed by atoms with van der Waals surface area (Å²) in [6, 6.07) is 10.4. The van der Waals surface area contributed by atoms with Gasteiger partial charge in [-0.25, -0.2) is 9.97 Å². The van der Waals surface area contributed by atoms with Crippen molar-refractivity contribution in [2.24, 2.45) is 0 Å². The SMILES string of the molecule is N#Cc1cc(C#N)cc(-c2cc(Cl)ncn2)c1. The maximum Gasteiger partial charge on any atom is 0.133 e. The first-order chi connectivity index (χ1) is 8.22. The molecule has 0 spiro atoms. The van der Waals surface area contributed by atoms with E-state index in [1.54, 1.807) is 18.2 Å². The fourth-order valence-corrected chi connectivity index (χ4v) is 1.54. The minimum Gasteiger partial charge on any atom is -0.236 e. The molecule has 0 aliphatic rings. The fraction of sp³-hybridized carbons (Fsp3) is 0. The Bertz CT molecular complexity index is 620. The topological polar surface area (TPSA) is 73.4 Å². The molecular weight excluding hydrogens is 236 g/mol. The number of halogens is 1. The second-order valence-corrected chi connectivity index (χ2v) is 3.64. The minimum atomic E-state index is 0.316. The fourth-order valence-electron chi connectivity index (χ4n) is 1.40. The molecule has 0 atom stereocenters. The molecule has 0 aliphatic carbocycles. The van der Waals surface area contributed by atoms with E-state index in [0.717, 1.165) is 0 Å². The van der Waals surface area contributed by atoms with Gasteiger partial charge in [-0.2, -0.15) is 10.5 Å². The van der Waals surface area contributed by atoms with Crippen LogP contribution in [0.5, 0.6) is 0 Å². The molecule has 0 radical (unpaired) electrons. The molecule has 4 nitrogen and oxygen atoms in total.